The summed E-state index contributed by atoms with van der Waals surface area (Å²) in [5.74, 6) is 0.175. The summed E-state index contributed by atoms with van der Waals surface area (Å²) in [7, 11) is 1.52. The summed E-state index contributed by atoms with van der Waals surface area (Å²) in [6, 6.07) is 11.0. The molecule has 1 unspecified atom stereocenters. The molecule has 0 N–H and O–H groups in total. The largest absolute Gasteiger partial charge is 0.497 e. The molecule has 0 aliphatic carbocycles. The molecule has 0 heterocycles. The summed E-state index contributed by atoms with van der Waals surface area (Å²) in [5.41, 5.74) is 4.09. The van der Waals surface area contributed by atoms with Gasteiger partial charge in [0.1, 0.15) is 11.6 Å². The van der Waals surface area contributed by atoms with Crippen LogP contribution in [0.2, 0.25) is 0 Å². The number of halogens is 2. The second-order valence-corrected chi connectivity index (χ2v) is 5.50. The lowest BCUT2D eigenvalue weighted by Gasteiger charge is -2.13. The Kier molecular flexibility index (Phi) is 4.66. The lowest BCUT2D eigenvalue weighted by Crippen LogP contribution is -2.00. The van der Waals surface area contributed by atoms with Gasteiger partial charge in [-0.15, -0.1) is 11.6 Å². The van der Waals surface area contributed by atoms with E-state index in [-0.39, 0.29) is 11.2 Å². The van der Waals surface area contributed by atoms with Crippen molar-refractivity contribution in [1.82, 2.24) is 0 Å². The summed E-state index contributed by atoms with van der Waals surface area (Å²) in [6.45, 7) is 4.14. The van der Waals surface area contributed by atoms with Gasteiger partial charge in [0.2, 0.25) is 0 Å². The molecule has 0 aliphatic rings. The van der Waals surface area contributed by atoms with Crippen LogP contribution in [0.3, 0.4) is 0 Å². The van der Waals surface area contributed by atoms with Gasteiger partial charge in [-0.3, -0.25) is 0 Å². The van der Waals surface area contributed by atoms with Crippen molar-refractivity contribution in [2.24, 2.45) is 0 Å². The normalized spacial score (nSPS) is 12.2. The highest BCUT2D eigenvalue weighted by atomic mass is 35.5. The van der Waals surface area contributed by atoms with Gasteiger partial charge in [0.05, 0.1) is 12.5 Å². The summed E-state index contributed by atoms with van der Waals surface area (Å²) < 4.78 is 19.0. The Morgan fingerprint density at radius 2 is 1.85 bits per heavy atom. The number of aryl methyl sites for hydroxylation is 2. The van der Waals surface area contributed by atoms with E-state index in [1.807, 2.05) is 6.07 Å². The van der Waals surface area contributed by atoms with E-state index in [0.717, 1.165) is 5.56 Å². The molecular formula is C17H18ClFO. The Bertz CT molecular complexity index is 610. The van der Waals surface area contributed by atoms with Crippen LogP contribution in [0.25, 0.3) is 0 Å². The fourth-order valence-corrected chi connectivity index (χ4v) is 2.49. The van der Waals surface area contributed by atoms with Crippen LogP contribution in [0.1, 0.15) is 27.6 Å². The van der Waals surface area contributed by atoms with E-state index in [1.54, 1.807) is 12.1 Å². The van der Waals surface area contributed by atoms with Gasteiger partial charge in [0.25, 0.3) is 0 Å². The molecular weight excluding hydrogens is 275 g/mol. The maximum absolute atomic E-state index is 14.0. The first kappa shape index (κ1) is 14.9. The molecule has 106 valence electrons. The topological polar surface area (TPSA) is 9.23 Å². The van der Waals surface area contributed by atoms with Crippen molar-refractivity contribution in [1.29, 1.82) is 0 Å². The van der Waals surface area contributed by atoms with E-state index in [4.69, 9.17) is 16.3 Å². The van der Waals surface area contributed by atoms with Crippen LogP contribution in [0.5, 0.6) is 5.75 Å². The average Bonchev–Trinajstić information content (AvgIpc) is 2.42. The molecule has 20 heavy (non-hydrogen) atoms. The minimum absolute atomic E-state index is 0.326. The molecule has 0 saturated heterocycles. The predicted octanol–water partition coefficient (Wildman–Crippen LogP) is 4.97. The minimum atomic E-state index is -0.386. The maximum atomic E-state index is 14.0. The highest BCUT2D eigenvalue weighted by Gasteiger charge is 2.14. The molecule has 0 amide bonds. The quantitative estimate of drug-likeness (QED) is 0.723. The molecule has 0 fully saturated rings. The molecule has 0 aliphatic heterocycles. The van der Waals surface area contributed by atoms with Crippen LogP contribution >= 0.6 is 11.6 Å². The molecule has 2 aromatic rings. The van der Waals surface area contributed by atoms with Gasteiger partial charge in [-0.05, 0) is 43.0 Å². The van der Waals surface area contributed by atoms with Crippen LogP contribution < -0.4 is 4.74 Å². The monoisotopic (exact) mass is 292 g/mol. The highest BCUT2D eigenvalue weighted by molar-refractivity contribution is 6.20. The van der Waals surface area contributed by atoms with Crippen molar-refractivity contribution in [3.05, 3.63) is 64.5 Å². The first-order valence-corrected chi connectivity index (χ1v) is 6.98. The van der Waals surface area contributed by atoms with Crippen LogP contribution in [-0.2, 0) is 6.42 Å². The van der Waals surface area contributed by atoms with Crippen molar-refractivity contribution in [3.8, 4) is 5.75 Å². The average molecular weight is 293 g/mol. The number of benzene rings is 2. The zero-order valence-corrected chi connectivity index (χ0v) is 12.7. The molecule has 1 nitrogen and oxygen atoms in total. The summed E-state index contributed by atoms with van der Waals surface area (Å²) in [6.07, 6.45) is 0.603. The van der Waals surface area contributed by atoms with Crippen molar-refractivity contribution < 1.29 is 9.13 Å². The van der Waals surface area contributed by atoms with Gasteiger partial charge in [0, 0.05) is 11.6 Å². The van der Waals surface area contributed by atoms with Gasteiger partial charge < -0.3 is 4.74 Å². The summed E-state index contributed by atoms with van der Waals surface area (Å²) in [5, 5.41) is -0.386. The Balaban J connectivity index is 2.19. The number of alkyl halides is 1. The van der Waals surface area contributed by atoms with Crippen molar-refractivity contribution in [2.45, 2.75) is 25.6 Å². The smallest absolute Gasteiger partial charge is 0.131 e. The van der Waals surface area contributed by atoms with Crippen molar-refractivity contribution >= 4 is 11.6 Å². The van der Waals surface area contributed by atoms with E-state index >= 15 is 0 Å². The fourth-order valence-electron chi connectivity index (χ4n) is 2.14. The van der Waals surface area contributed by atoms with Crippen molar-refractivity contribution in [2.75, 3.05) is 7.11 Å². The van der Waals surface area contributed by atoms with Crippen LogP contribution in [0, 0.1) is 19.7 Å². The van der Waals surface area contributed by atoms with Gasteiger partial charge in [0.15, 0.2) is 0 Å². The molecule has 0 saturated carbocycles. The van der Waals surface area contributed by atoms with Crippen LogP contribution in [-0.4, -0.2) is 7.11 Å². The third-order valence-electron chi connectivity index (χ3n) is 3.53. The first-order chi connectivity index (χ1) is 9.51. The zero-order valence-electron chi connectivity index (χ0n) is 11.9. The molecule has 0 spiro atoms. The van der Waals surface area contributed by atoms with E-state index in [0.29, 0.717) is 17.7 Å². The van der Waals surface area contributed by atoms with E-state index in [1.165, 1.54) is 24.3 Å². The molecule has 2 aromatic carbocycles. The first-order valence-electron chi connectivity index (χ1n) is 6.55. The number of hydrogen-bond donors (Lipinski definition) is 0. The Morgan fingerprint density at radius 1 is 1.10 bits per heavy atom. The SMILES string of the molecule is COc1ccc(C(Cl)Cc2ccc(C)c(C)c2)c(F)c1. The van der Waals surface area contributed by atoms with E-state index in [9.17, 15) is 4.39 Å². The Hall–Kier alpha value is -1.54. The number of methoxy groups -OCH3 is 1. The fraction of sp³-hybridized carbons (Fsp3) is 0.294. The van der Waals surface area contributed by atoms with Gasteiger partial charge in [-0.2, -0.15) is 0 Å². The molecule has 0 bridgehead atoms. The third-order valence-corrected chi connectivity index (χ3v) is 3.92. The van der Waals surface area contributed by atoms with E-state index in [2.05, 4.69) is 26.0 Å². The molecule has 0 aromatic heterocycles. The third kappa shape index (κ3) is 3.31. The Labute approximate surface area is 124 Å². The highest BCUT2D eigenvalue weighted by Crippen LogP contribution is 2.29. The van der Waals surface area contributed by atoms with Crippen LogP contribution in [0.4, 0.5) is 4.39 Å². The lowest BCUT2D eigenvalue weighted by atomic mass is 10.00. The standard InChI is InChI=1S/C17H18ClFO/c1-11-4-5-13(8-12(11)2)9-16(18)15-7-6-14(20-3)10-17(15)19/h4-8,10,16H,9H2,1-3H3. The molecule has 0 radical (unpaired) electrons. The van der Waals surface area contributed by atoms with Gasteiger partial charge >= 0.3 is 0 Å². The lowest BCUT2D eigenvalue weighted by molar-refractivity contribution is 0.410. The van der Waals surface area contributed by atoms with Crippen LogP contribution in [0.15, 0.2) is 36.4 Å². The maximum Gasteiger partial charge on any atom is 0.131 e. The molecule has 2 rings (SSSR count). The van der Waals surface area contributed by atoms with Crippen molar-refractivity contribution in [3.63, 3.8) is 0 Å². The number of ether oxygens (including phenoxy) is 1. The Morgan fingerprint density at radius 3 is 2.45 bits per heavy atom. The zero-order chi connectivity index (χ0) is 14.7. The molecule has 1 atom stereocenters. The second kappa shape index (κ2) is 6.27. The minimum Gasteiger partial charge on any atom is -0.497 e. The number of hydrogen-bond acceptors (Lipinski definition) is 1. The number of rotatable bonds is 4. The second-order valence-electron chi connectivity index (χ2n) is 4.98. The summed E-state index contributed by atoms with van der Waals surface area (Å²) >= 11 is 6.35. The summed E-state index contributed by atoms with van der Waals surface area (Å²) in [4.78, 5) is 0. The predicted molar refractivity (Wildman–Crippen MR) is 81.2 cm³/mol. The van der Waals surface area contributed by atoms with E-state index < -0.39 is 0 Å². The van der Waals surface area contributed by atoms with Gasteiger partial charge in [-0.1, -0.05) is 24.3 Å². The molecule has 3 heteroatoms. The van der Waals surface area contributed by atoms with Gasteiger partial charge in [-0.25, -0.2) is 4.39 Å².